The van der Waals surface area contributed by atoms with E-state index in [2.05, 4.69) is 37.7 Å². The van der Waals surface area contributed by atoms with E-state index < -0.39 is 0 Å². The molecule has 144 valence electrons. The van der Waals surface area contributed by atoms with Crippen molar-refractivity contribution in [2.75, 3.05) is 19.5 Å². The molecule has 0 atom stereocenters. The highest BCUT2D eigenvalue weighted by Gasteiger charge is 2.17. The first-order valence-corrected chi connectivity index (χ1v) is 9.19. The summed E-state index contributed by atoms with van der Waals surface area (Å²) >= 11 is 0. The summed E-state index contributed by atoms with van der Waals surface area (Å²) in [6, 6.07) is 12.2. The lowest BCUT2D eigenvalue weighted by Crippen LogP contribution is -2.02. The van der Waals surface area contributed by atoms with Crippen molar-refractivity contribution in [2.45, 2.75) is 13.5 Å². The van der Waals surface area contributed by atoms with Gasteiger partial charge in [0.15, 0.2) is 0 Å². The van der Waals surface area contributed by atoms with Crippen LogP contribution < -0.4 is 5.73 Å². The second kappa shape index (κ2) is 7.70. The highest BCUT2D eigenvalue weighted by atomic mass is 16.5. The number of nitrogen functional groups attached to an aromatic ring is 1. The van der Waals surface area contributed by atoms with Crippen molar-refractivity contribution in [3.05, 3.63) is 60.3 Å². The van der Waals surface area contributed by atoms with E-state index in [9.17, 15) is 5.26 Å². The molecule has 4 aromatic rings. The van der Waals surface area contributed by atoms with Crippen LogP contribution in [0.4, 0.5) is 5.82 Å². The van der Waals surface area contributed by atoms with E-state index in [1.807, 2.05) is 31.3 Å². The van der Waals surface area contributed by atoms with Crippen molar-refractivity contribution in [2.24, 2.45) is 0 Å². The van der Waals surface area contributed by atoms with E-state index in [0.717, 1.165) is 28.6 Å². The van der Waals surface area contributed by atoms with Crippen LogP contribution in [0.2, 0.25) is 0 Å². The molecule has 0 saturated carbocycles. The van der Waals surface area contributed by atoms with Gasteiger partial charge in [0.25, 0.3) is 0 Å². The molecule has 0 saturated heterocycles. The molecule has 0 fully saturated rings. The Morgan fingerprint density at radius 1 is 1.17 bits per heavy atom. The Hall–Kier alpha value is -3.76. The van der Waals surface area contributed by atoms with Crippen LogP contribution >= 0.6 is 0 Å². The number of fused-ring (bicyclic) bond motifs is 1. The van der Waals surface area contributed by atoms with Crippen LogP contribution in [0.3, 0.4) is 0 Å². The maximum atomic E-state index is 9.62. The molecule has 0 bridgehead atoms. The number of pyridine rings is 1. The maximum absolute atomic E-state index is 9.62. The molecule has 3 aromatic heterocycles. The number of aromatic nitrogens is 4. The van der Waals surface area contributed by atoms with Crippen molar-refractivity contribution in [1.82, 2.24) is 19.5 Å². The van der Waals surface area contributed by atoms with E-state index in [-0.39, 0.29) is 5.82 Å². The first-order valence-electron chi connectivity index (χ1n) is 9.19. The van der Waals surface area contributed by atoms with Gasteiger partial charge >= 0.3 is 0 Å². The summed E-state index contributed by atoms with van der Waals surface area (Å²) < 4.78 is 7.38. The molecule has 3 heterocycles. The summed E-state index contributed by atoms with van der Waals surface area (Å²) in [6.45, 7) is 3.14. The highest BCUT2D eigenvalue weighted by molar-refractivity contribution is 5.96. The van der Waals surface area contributed by atoms with Gasteiger partial charge in [0.1, 0.15) is 23.3 Å². The number of anilines is 1. The van der Waals surface area contributed by atoms with Crippen molar-refractivity contribution in [3.8, 4) is 28.5 Å². The van der Waals surface area contributed by atoms with Crippen molar-refractivity contribution < 1.29 is 4.74 Å². The smallest absolute Gasteiger partial charge is 0.142 e. The summed E-state index contributed by atoms with van der Waals surface area (Å²) in [6.07, 6.45) is 5.44. The van der Waals surface area contributed by atoms with Crippen molar-refractivity contribution in [3.63, 3.8) is 0 Å². The van der Waals surface area contributed by atoms with Gasteiger partial charge in [-0.05, 0) is 19.1 Å². The molecule has 2 N–H and O–H groups in total. The van der Waals surface area contributed by atoms with Gasteiger partial charge in [-0.25, -0.2) is 15.0 Å². The fourth-order valence-corrected chi connectivity index (χ4v) is 3.41. The van der Waals surface area contributed by atoms with Gasteiger partial charge in [-0.2, -0.15) is 5.26 Å². The predicted molar refractivity (Wildman–Crippen MR) is 112 cm³/mol. The third-order valence-corrected chi connectivity index (χ3v) is 4.85. The number of nitriles is 1. The number of para-hydroxylation sites is 1. The molecule has 1 aromatic carbocycles. The Morgan fingerprint density at radius 2 is 1.93 bits per heavy atom. The zero-order chi connectivity index (χ0) is 20.4. The molecule has 0 aliphatic rings. The fraction of sp³-hybridized carbons (Fsp3) is 0.182. The fourth-order valence-electron chi connectivity index (χ4n) is 3.41. The summed E-state index contributed by atoms with van der Waals surface area (Å²) in [5, 5.41) is 10.7. The number of hydrogen-bond acceptors (Lipinski definition) is 6. The number of ether oxygens (including phenoxy) is 1. The Kier molecular flexibility index (Phi) is 4.94. The lowest BCUT2D eigenvalue weighted by Gasteiger charge is -2.09. The van der Waals surface area contributed by atoms with Crippen LogP contribution in [0.25, 0.3) is 33.3 Å². The normalized spacial score (nSPS) is 10.9. The molecule has 0 radical (unpaired) electrons. The molecule has 7 nitrogen and oxygen atoms in total. The van der Waals surface area contributed by atoms with Crippen LogP contribution in [-0.4, -0.2) is 33.2 Å². The van der Waals surface area contributed by atoms with Crippen molar-refractivity contribution in [1.29, 1.82) is 5.26 Å². The molecule has 0 aliphatic heterocycles. The summed E-state index contributed by atoms with van der Waals surface area (Å²) in [5.74, 6) is 0.852. The van der Waals surface area contributed by atoms with Gasteiger partial charge in [0.05, 0.1) is 12.3 Å². The van der Waals surface area contributed by atoms with E-state index in [0.29, 0.717) is 29.3 Å². The molecule has 7 heteroatoms. The Morgan fingerprint density at radius 3 is 2.66 bits per heavy atom. The Balaban J connectivity index is 1.92. The minimum atomic E-state index is 0.189. The average molecular weight is 384 g/mol. The maximum Gasteiger partial charge on any atom is 0.142 e. The quantitative estimate of drug-likeness (QED) is 0.564. The van der Waals surface area contributed by atoms with Crippen LogP contribution in [0.1, 0.15) is 11.4 Å². The predicted octanol–water partition coefficient (Wildman–Crippen LogP) is 3.57. The van der Waals surface area contributed by atoms with Crippen LogP contribution in [-0.2, 0) is 11.3 Å². The van der Waals surface area contributed by atoms with Gasteiger partial charge in [0.2, 0.25) is 0 Å². The van der Waals surface area contributed by atoms with Gasteiger partial charge in [-0.1, -0.05) is 18.2 Å². The largest absolute Gasteiger partial charge is 0.383 e. The zero-order valence-corrected chi connectivity index (χ0v) is 16.3. The minimum Gasteiger partial charge on any atom is -0.383 e. The molecule has 29 heavy (non-hydrogen) atoms. The number of nitrogens with zero attached hydrogens (tertiary/aromatic N) is 5. The van der Waals surface area contributed by atoms with E-state index in [1.54, 1.807) is 19.5 Å². The van der Waals surface area contributed by atoms with Crippen LogP contribution in [0.15, 0.2) is 48.9 Å². The lowest BCUT2D eigenvalue weighted by atomic mass is 10.0. The molecule has 4 rings (SSSR count). The highest BCUT2D eigenvalue weighted by Crippen LogP contribution is 2.34. The van der Waals surface area contributed by atoms with Gasteiger partial charge in [-0.15, -0.1) is 0 Å². The van der Waals surface area contributed by atoms with E-state index in [4.69, 9.17) is 10.5 Å². The standard InChI is InChI=1S/C22H20N6O/c1-14-25-11-15(12-26-14)17-9-20(27-22(24)18(17)10-23)19-13-28(7-8-29-2)21-6-4-3-5-16(19)21/h3-6,9,11-13H,7-8H2,1-2H3,(H2,24,27). The molecule has 0 aliphatic carbocycles. The Labute approximate surface area is 168 Å². The second-order valence-electron chi connectivity index (χ2n) is 6.69. The number of hydrogen-bond donors (Lipinski definition) is 1. The van der Waals surface area contributed by atoms with Gasteiger partial charge in [-0.3, -0.25) is 0 Å². The third kappa shape index (κ3) is 3.42. The lowest BCUT2D eigenvalue weighted by molar-refractivity contribution is 0.188. The zero-order valence-electron chi connectivity index (χ0n) is 16.3. The summed E-state index contributed by atoms with van der Waals surface area (Å²) in [7, 11) is 1.69. The van der Waals surface area contributed by atoms with Crippen LogP contribution in [0, 0.1) is 18.3 Å². The SMILES string of the molecule is COCCn1cc(-c2cc(-c3cnc(C)nc3)c(C#N)c(N)n2)c2ccccc21. The minimum absolute atomic E-state index is 0.189. The number of benzene rings is 1. The number of methoxy groups -OCH3 is 1. The first-order chi connectivity index (χ1) is 14.1. The monoisotopic (exact) mass is 384 g/mol. The molecule has 0 spiro atoms. The third-order valence-electron chi connectivity index (χ3n) is 4.85. The number of aryl methyl sites for hydroxylation is 1. The van der Waals surface area contributed by atoms with E-state index in [1.165, 1.54) is 0 Å². The summed E-state index contributed by atoms with van der Waals surface area (Å²) in [5.41, 5.74) is 10.6. The summed E-state index contributed by atoms with van der Waals surface area (Å²) in [4.78, 5) is 13.0. The molecule has 0 amide bonds. The second-order valence-corrected chi connectivity index (χ2v) is 6.69. The van der Waals surface area contributed by atoms with Gasteiger partial charge in [0, 0.05) is 59.8 Å². The van der Waals surface area contributed by atoms with Crippen molar-refractivity contribution >= 4 is 16.7 Å². The number of rotatable bonds is 5. The molecule has 0 unspecified atom stereocenters. The van der Waals surface area contributed by atoms with Crippen LogP contribution in [0.5, 0.6) is 0 Å². The number of nitrogens with two attached hydrogens (primary N) is 1. The topological polar surface area (TPSA) is 103 Å². The molecular weight excluding hydrogens is 364 g/mol. The molecular formula is C22H20N6O. The Bertz CT molecular complexity index is 1220. The first kappa shape index (κ1) is 18.6. The average Bonchev–Trinajstić information content (AvgIpc) is 3.11. The van der Waals surface area contributed by atoms with E-state index >= 15 is 0 Å². The van der Waals surface area contributed by atoms with Gasteiger partial charge < -0.3 is 15.0 Å².